The zero-order valence-corrected chi connectivity index (χ0v) is 35.0. The van der Waals surface area contributed by atoms with Gasteiger partial charge in [0.1, 0.15) is 23.7 Å². The van der Waals surface area contributed by atoms with Crippen LogP contribution in [0.25, 0.3) is 44.4 Å². The minimum Gasteiger partial charge on any atom is -0.453 e. The van der Waals surface area contributed by atoms with Crippen LogP contribution < -0.4 is 10.6 Å². The minimum absolute atomic E-state index is 0.105. The Labute approximate surface area is 355 Å². The van der Waals surface area contributed by atoms with E-state index in [4.69, 9.17) is 14.7 Å². The lowest BCUT2D eigenvalue weighted by atomic mass is 9.98. The third kappa shape index (κ3) is 8.63. The standard InChI is InChI=1S/C48H52N8O5/c1-5-41(57)53-43(32-11-7-6-8-12-32)47(59)56-24-10-14-40(56)44-49-27-37(51-44)31-17-15-30(16-18-31)33-19-20-35-26-36(22-21-34(35)25-33)38-28-50-45(52-38)39-13-9-23-55(39)46(58)42(29(2)3)54-48(60)61-4/h6-8,11-12,15-22,25-29,39-40,42-43H,5,9-10,13-14,23-24H2,1-4H3,(H,49,51)(H,50,52)(H,53,57)(H,54,60)/t39-,40-,42-,43+/m0/s1. The summed E-state index contributed by atoms with van der Waals surface area (Å²) in [6.07, 6.45) is 6.59. The fraction of sp³-hybridized carbons (Fsp3) is 0.333. The summed E-state index contributed by atoms with van der Waals surface area (Å²) in [5.41, 5.74) is 6.66. The maximum Gasteiger partial charge on any atom is 0.407 e. The summed E-state index contributed by atoms with van der Waals surface area (Å²) in [6, 6.07) is 28.7. The van der Waals surface area contributed by atoms with Gasteiger partial charge in [-0.05, 0) is 76.8 Å². The van der Waals surface area contributed by atoms with Crippen molar-refractivity contribution >= 4 is 34.6 Å². The predicted molar refractivity (Wildman–Crippen MR) is 234 cm³/mol. The van der Waals surface area contributed by atoms with E-state index in [1.807, 2.05) is 66.4 Å². The number of aromatic nitrogens is 4. The molecule has 2 fully saturated rings. The zero-order chi connectivity index (χ0) is 42.6. The second-order valence-corrected chi connectivity index (χ2v) is 16.2. The van der Waals surface area contributed by atoms with Gasteiger partial charge in [0.15, 0.2) is 0 Å². The first-order valence-electron chi connectivity index (χ1n) is 21.2. The maximum absolute atomic E-state index is 14.0. The molecule has 61 heavy (non-hydrogen) atoms. The van der Waals surface area contributed by atoms with E-state index in [9.17, 15) is 19.2 Å². The fourth-order valence-electron chi connectivity index (χ4n) is 8.61. The molecule has 2 saturated heterocycles. The van der Waals surface area contributed by atoms with Gasteiger partial charge in [0.25, 0.3) is 0 Å². The van der Waals surface area contributed by atoms with Gasteiger partial charge < -0.3 is 35.1 Å². The molecular weight excluding hydrogens is 769 g/mol. The van der Waals surface area contributed by atoms with Crippen LogP contribution in [0.2, 0.25) is 0 Å². The predicted octanol–water partition coefficient (Wildman–Crippen LogP) is 8.26. The highest BCUT2D eigenvalue weighted by Gasteiger charge is 2.38. The van der Waals surface area contributed by atoms with Crippen LogP contribution in [0.1, 0.15) is 88.2 Å². The molecule has 0 unspecified atom stereocenters. The molecule has 4 amide bonds. The number of fused-ring (bicyclic) bond motifs is 1. The molecule has 0 aliphatic carbocycles. The van der Waals surface area contributed by atoms with Gasteiger partial charge in [0.2, 0.25) is 17.7 Å². The summed E-state index contributed by atoms with van der Waals surface area (Å²) in [5, 5.41) is 7.84. The van der Waals surface area contributed by atoms with Crippen LogP contribution in [0.15, 0.2) is 103 Å². The maximum atomic E-state index is 14.0. The van der Waals surface area contributed by atoms with Gasteiger partial charge in [0, 0.05) is 25.1 Å². The Morgan fingerprint density at radius 3 is 1.84 bits per heavy atom. The Morgan fingerprint density at radius 1 is 0.705 bits per heavy atom. The summed E-state index contributed by atoms with van der Waals surface area (Å²) in [7, 11) is 1.29. The minimum atomic E-state index is -0.755. The van der Waals surface area contributed by atoms with E-state index in [0.717, 1.165) is 87.3 Å². The van der Waals surface area contributed by atoms with Crippen molar-refractivity contribution < 1.29 is 23.9 Å². The number of hydrogen-bond donors (Lipinski definition) is 4. The molecule has 0 spiro atoms. The second kappa shape index (κ2) is 17.8. The van der Waals surface area contributed by atoms with Crippen molar-refractivity contribution in [2.75, 3.05) is 20.2 Å². The molecule has 314 valence electrons. The highest BCUT2D eigenvalue weighted by Crippen LogP contribution is 2.36. The van der Waals surface area contributed by atoms with E-state index in [2.05, 4.69) is 81.3 Å². The fourth-order valence-corrected chi connectivity index (χ4v) is 8.61. The Hall–Kier alpha value is -6.76. The van der Waals surface area contributed by atoms with Crippen LogP contribution in [-0.4, -0.2) is 79.8 Å². The number of imidazole rings is 2. The largest absolute Gasteiger partial charge is 0.453 e. The molecule has 4 heterocycles. The molecule has 8 rings (SSSR count). The molecule has 2 aliphatic rings. The van der Waals surface area contributed by atoms with Crippen molar-refractivity contribution in [2.45, 2.75) is 77.0 Å². The van der Waals surface area contributed by atoms with Gasteiger partial charge in [-0.3, -0.25) is 14.4 Å². The molecule has 4 atom stereocenters. The van der Waals surface area contributed by atoms with Crippen molar-refractivity contribution in [3.63, 3.8) is 0 Å². The molecule has 4 N–H and O–H groups in total. The number of alkyl carbamates (subject to hydrolysis) is 1. The quantitative estimate of drug-likeness (QED) is 0.0965. The first-order valence-corrected chi connectivity index (χ1v) is 21.2. The van der Waals surface area contributed by atoms with Crippen LogP contribution in [0.5, 0.6) is 0 Å². The number of H-pyrrole nitrogens is 2. The van der Waals surface area contributed by atoms with E-state index >= 15 is 0 Å². The molecule has 6 aromatic rings. The molecule has 0 bridgehead atoms. The number of carbonyl (C=O) groups excluding carboxylic acids is 4. The van der Waals surface area contributed by atoms with Crippen LogP contribution >= 0.6 is 0 Å². The number of carbonyl (C=O) groups is 4. The number of nitrogens with one attached hydrogen (secondary N) is 4. The van der Waals surface area contributed by atoms with Crippen molar-refractivity contribution in [1.82, 2.24) is 40.4 Å². The first kappa shape index (κ1) is 41.0. The Bertz CT molecular complexity index is 2530. The Morgan fingerprint density at radius 2 is 1.25 bits per heavy atom. The summed E-state index contributed by atoms with van der Waals surface area (Å²) in [4.78, 5) is 72.1. The van der Waals surface area contributed by atoms with E-state index in [-0.39, 0.29) is 35.7 Å². The van der Waals surface area contributed by atoms with Gasteiger partial charge in [-0.1, -0.05) is 99.6 Å². The molecule has 2 aliphatic heterocycles. The first-order chi connectivity index (χ1) is 29.6. The number of rotatable bonds is 12. The van der Waals surface area contributed by atoms with Gasteiger partial charge in [-0.15, -0.1) is 0 Å². The third-order valence-corrected chi connectivity index (χ3v) is 12.0. The number of hydrogen-bond acceptors (Lipinski definition) is 7. The van der Waals surface area contributed by atoms with Gasteiger partial charge >= 0.3 is 6.09 Å². The molecule has 0 saturated carbocycles. The number of benzene rings is 4. The molecule has 2 aromatic heterocycles. The van der Waals surface area contributed by atoms with Crippen LogP contribution in [-0.2, 0) is 19.1 Å². The van der Waals surface area contributed by atoms with Crippen molar-refractivity contribution in [2.24, 2.45) is 5.92 Å². The lowest BCUT2D eigenvalue weighted by molar-refractivity contribution is -0.137. The number of methoxy groups -OCH3 is 1. The number of aromatic amines is 2. The molecule has 4 aromatic carbocycles. The van der Waals surface area contributed by atoms with Gasteiger partial charge in [-0.25, -0.2) is 14.8 Å². The van der Waals surface area contributed by atoms with E-state index < -0.39 is 18.2 Å². The summed E-state index contributed by atoms with van der Waals surface area (Å²) >= 11 is 0. The van der Waals surface area contributed by atoms with E-state index in [0.29, 0.717) is 19.5 Å². The zero-order valence-electron chi connectivity index (χ0n) is 35.0. The van der Waals surface area contributed by atoms with Gasteiger partial charge in [0.05, 0.1) is 43.0 Å². The summed E-state index contributed by atoms with van der Waals surface area (Å²) in [6.45, 7) is 6.78. The number of likely N-dealkylation sites (tertiary alicyclic amines) is 2. The van der Waals surface area contributed by atoms with Gasteiger partial charge in [-0.2, -0.15) is 0 Å². The normalized spacial score (nSPS) is 17.4. The van der Waals surface area contributed by atoms with Crippen LogP contribution in [0.3, 0.4) is 0 Å². The highest BCUT2D eigenvalue weighted by atomic mass is 16.5. The van der Waals surface area contributed by atoms with E-state index in [1.54, 1.807) is 6.92 Å². The van der Waals surface area contributed by atoms with Crippen molar-refractivity contribution in [3.05, 3.63) is 121 Å². The highest BCUT2D eigenvalue weighted by molar-refractivity contribution is 5.91. The third-order valence-electron chi connectivity index (χ3n) is 12.0. The molecular formula is C48H52N8O5. The average molecular weight is 821 g/mol. The monoisotopic (exact) mass is 820 g/mol. The molecule has 13 nitrogen and oxygen atoms in total. The lowest BCUT2D eigenvalue weighted by Gasteiger charge is -2.30. The van der Waals surface area contributed by atoms with Crippen molar-refractivity contribution in [1.29, 1.82) is 0 Å². The Balaban J connectivity index is 0.942. The lowest BCUT2D eigenvalue weighted by Crippen LogP contribution is -2.51. The molecule has 0 radical (unpaired) electrons. The average Bonchev–Trinajstić information content (AvgIpc) is 4.14. The number of ether oxygens (including phenoxy) is 1. The Kier molecular flexibility index (Phi) is 12.0. The second-order valence-electron chi connectivity index (χ2n) is 16.2. The van der Waals surface area contributed by atoms with E-state index in [1.165, 1.54) is 7.11 Å². The number of amides is 4. The van der Waals surface area contributed by atoms with Crippen LogP contribution in [0, 0.1) is 5.92 Å². The molecule has 13 heteroatoms. The summed E-state index contributed by atoms with van der Waals surface area (Å²) < 4.78 is 4.77. The van der Waals surface area contributed by atoms with Crippen molar-refractivity contribution in [3.8, 4) is 33.6 Å². The topological polar surface area (TPSA) is 165 Å². The van der Waals surface area contributed by atoms with Crippen LogP contribution in [0.4, 0.5) is 4.79 Å². The SMILES string of the molecule is CCC(=O)N[C@@H](C(=O)N1CCC[C@H]1c1ncc(-c2ccc(-c3ccc4cc(-c5cnc([C@@H]6CCCN6C(=O)[C@@H](NC(=O)OC)C(C)C)[nH]5)ccc4c3)cc2)[nH]1)c1ccccc1. The summed E-state index contributed by atoms with van der Waals surface area (Å²) in [5.74, 6) is 0.923. The number of nitrogens with zero attached hydrogens (tertiary/aromatic N) is 4. The smallest absolute Gasteiger partial charge is 0.407 e.